The van der Waals surface area contributed by atoms with E-state index >= 15 is 0 Å². The Morgan fingerprint density at radius 1 is 1.41 bits per heavy atom. The third-order valence-corrected chi connectivity index (χ3v) is 3.39. The van der Waals surface area contributed by atoms with Gasteiger partial charge in [-0.2, -0.15) is 5.10 Å². The number of unbranched alkanes of at least 4 members (excludes halogenated alkanes) is 1. The SMILES string of the molecule is CCCCC(C)C(O)c1c(Cl)cnn1CCC. The third kappa shape index (κ3) is 3.71. The average molecular weight is 259 g/mol. The van der Waals surface area contributed by atoms with Gasteiger partial charge in [-0.3, -0.25) is 4.68 Å². The highest BCUT2D eigenvalue weighted by Gasteiger charge is 2.22. The minimum atomic E-state index is -0.511. The molecule has 2 atom stereocenters. The molecule has 1 aromatic rings. The zero-order valence-electron chi connectivity index (χ0n) is 11.0. The van der Waals surface area contributed by atoms with E-state index in [1.54, 1.807) is 6.20 Å². The van der Waals surface area contributed by atoms with E-state index in [0.717, 1.165) is 37.9 Å². The first kappa shape index (κ1) is 14.5. The lowest BCUT2D eigenvalue weighted by Crippen LogP contribution is -2.15. The molecule has 17 heavy (non-hydrogen) atoms. The molecule has 0 saturated carbocycles. The summed E-state index contributed by atoms with van der Waals surface area (Å²) in [5.41, 5.74) is 0.775. The number of hydrogen-bond donors (Lipinski definition) is 1. The summed E-state index contributed by atoms with van der Waals surface area (Å²) >= 11 is 6.11. The van der Waals surface area contributed by atoms with Gasteiger partial charge in [0.25, 0.3) is 0 Å². The molecule has 0 bridgehead atoms. The molecule has 0 fully saturated rings. The van der Waals surface area contributed by atoms with E-state index in [0.29, 0.717) is 5.02 Å². The lowest BCUT2D eigenvalue weighted by molar-refractivity contribution is 0.102. The molecule has 1 N–H and O–H groups in total. The first-order chi connectivity index (χ1) is 8.11. The second kappa shape index (κ2) is 7.02. The highest BCUT2D eigenvalue weighted by atomic mass is 35.5. The maximum Gasteiger partial charge on any atom is 0.0997 e. The third-order valence-electron chi connectivity index (χ3n) is 3.10. The summed E-state index contributed by atoms with van der Waals surface area (Å²) in [5, 5.41) is 15.1. The summed E-state index contributed by atoms with van der Waals surface area (Å²) in [6.45, 7) is 7.12. The lowest BCUT2D eigenvalue weighted by Gasteiger charge is -2.20. The van der Waals surface area contributed by atoms with Crippen LogP contribution in [0.15, 0.2) is 6.20 Å². The lowest BCUT2D eigenvalue weighted by atomic mass is 9.96. The van der Waals surface area contributed by atoms with Crippen LogP contribution in [-0.2, 0) is 6.54 Å². The van der Waals surface area contributed by atoms with Gasteiger partial charge in [-0.1, -0.05) is 45.2 Å². The predicted octanol–water partition coefficient (Wildman–Crippen LogP) is 3.81. The van der Waals surface area contributed by atoms with Crippen LogP contribution in [0.4, 0.5) is 0 Å². The number of halogens is 1. The van der Waals surface area contributed by atoms with Gasteiger partial charge < -0.3 is 5.11 Å². The monoisotopic (exact) mass is 258 g/mol. The highest BCUT2D eigenvalue weighted by molar-refractivity contribution is 6.31. The van der Waals surface area contributed by atoms with Crippen LogP contribution in [0.5, 0.6) is 0 Å². The normalized spacial score (nSPS) is 14.9. The molecule has 0 aliphatic rings. The van der Waals surface area contributed by atoms with Crippen molar-refractivity contribution in [1.82, 2.24) is 9.78 Å². The van der Waals surface area contributed by atoms with Crippen LogP contribution in [0.1, 0.15) is 58.3 Å². The second-order valence-electron chi connectivity index (χ2n) is 4.67. The zero-order chi connectivity index (χ0) is 12.8. The Morgan fingerprint density at radius 3 is 2.71 bits per heavy atom. The zero-order valence-corrected chi connectivity index (χ0v) is 11.7. The first-order valence-electron chi connectivity index (χ1n) is 6.51. The van der Waals surface area contributed by atoms with Crippen molar-refractivity contribution in [3.63, 3.8) is 0 Å². The summed E-state index contributed by atoms with van der Waals surface area (Å²) in [4.78, 5) is 0. The predicted molar refractivity (Wildman–Crippen MR) is 71.2 cm³/mol. The summed E-state index contributed by atoms with van der Waals surface area (Å²) < 4.78 is 1.83. The van der Waals surface area contributed by atoms with E-state index < -0.39 is 6.10 Å². The first-order valence-corrected chi connectivity index (χ1v) is 6.88. The summed E-state index contributed by atoms with van der Waals surface area (Å²) in [6, 6.07) is 0. The van der Waals surface area contributed by atoms with Crippen LogP contribution in [0.3, 0.4) is 0 Å². The molecule has 98 valence electrons. The van der Waals surface area contributed by atoms with Crippen molar-refractivity contribution in [2.75, 3.05) is 0 Å². The van der Waals surface area contributed by atoms with E-state index in [1.165, 1.54) is 0 Å². The van der Waals surface area contributed by atoms with E-state index in [1.807, 2.05) is 4.68 Å². The van der Waals surface area contributed by atoms with Gasteiger partial charge in [-0.05, 0) is 18.8 Å². The molecular weight excluding hydrogens is 236 g/mol. The molecule has 3 nitrogen and oxygen atoms in total. The molecule has 0 saturated heterocycles. The summed E-state index contributed by atoms with van der Waals surface area (Å²) in [5.74, 6) is 0.222. The molecule has 4 heteroatoms. The van der Waals surface area contributed by atoms with Gasteiger partial charge in [0.1, 0.15) is 0 Å². The van der Waals surface area contributed by atoms with Crippen molar-refractivity contribution in [3.8, 4) is 0 Å². The minimum absolute atomic E-state index is 0.222. The van der Waals surface area contributed by atoms with Crippen LogP contribution in [0.2, 0.25) is 5.02 Å². The van der Waals surface area contributed by atoms with Crippen molar-refractivity contribution in [1.29, 1.82) is 0 Å². The molecule has 0 aliphatic heterocycles. The number of aliphatic hydroxyl groups is 1. The van der Waals surface area contributed by atoms with Crippen LogP contribution in [0.25, 0.3) is 0 Å². The smallest absolute Gasteiger partial charge is 0.0997 e. The standard InChI is InChI=1S/C13H23ClN2O/c1-4-6-7-10(3)13(17)12-11(14)9-15-16(12)8-5-2/h9-10,13,17H,4-8H2,1-3H3. The Labute approximate surface area is 109 Å². The number of nitrogens with zero attached hydrogens (tertiary/aromatic N) is 2. The van der Waals surface area contributed by atoms with E-state index in [4.69, 9.17) is 11.6 Å². The van der Waals surface area contributed by atoms with Gasteiger partial charge in [-0.15, -0.1) is 0 Å². The van der Waals surface area contributed by atoms with Gasteiger partial charge in [0.15, 0.2) is 0 Å². The molecule has 0 aromatic carbocycles. The van der Waals surface area contributed by atoms with Crippen LogP contribution in [-0.4, -0.2) is 14.9 Å². The molecule has 0 aliphatic carbocycles. The van der Waals surface area contributed by atoms with Crippen molar-refractivity contribution in [2.24, 2.45) is 5.92 Å². The molecular formula is C13H23ClN2O. The Kier molecular flexibility index (Phi) is 6.00. The van der Waals surface area contributed by atoms with E-state index in [9.17, 15) is 5.11 Å². The number of aliphatic hydroxyl groups excluding tert-OH is 1. The Balaban J connectivity index is 2.78. The summed E-state index contributed by atoms with van der Waals surface area (Å²) in [6.07, 6.45) is 5.41. The molecule has 0 radical (unpaired) electrons. The topological polar surface area (TPSA) is 38.1 Å². The fourth-order valence-corrected chi connectivity index (χ4v) is 2.26. The van der Waals surface area contributed by atoms with Crippen molar-refractivity contribution in [3.05, 3.63) is 16.9 Å². The average Bonchev–Trinajstić information content (AvgIpc) is 2.67. The van der Waals surface area contributed by atoms with Gasteiger partial charge in [0, 0.05) is 6.54 Å². The van der Waals surface area contributed by atoms with Gasteiger partial charge >= 0.3 is 0 Å². The van der Waals surface area contributed by atoms with Crippen LogP contribution < -0.4 is 0 Å². The maximum absolute atomic E-state index is 10.3. The Bertz CT molecular complexity index is 338. The number of aromatic nitrogens is 2. The summed E-state index contributed by atoms with van der Waals surface area (Å²) in [7, 11) is 0. The molecule has 1 heterocycles. The Hall–Kier alpha value is -0.540. The number of aryl methyl sites for hydroxylation is 1. The second-order valence-corrected chi connectivity index (χ2v) is 5.07. The van der Waals surface area contributed by atoms with Gasteiger partial charge in [-0.25, -0.2) is 0 Å². The van der Waals surface area contributed by atoms with Gasteiger partial charge in [0.2, 0.25) is 0 Å². The van der Waals surface area contributed by atoms with E-state index in [-0.39, 0.29) is 5.92 Å². The number of hydrogen-bond acceptors (Lipinski definition) is 2. The fraction of sp³-hybridized carbons (Fsp3) is 0.769. The molecule has 0 amide bonds. The van der Waals surface area contributed by atoms with Crippen LogP contribution >= 0.6 is 11.6 Å². The Morgan fingerprint density at radius 2 is 2.12 bits per heavy atom. The maximum atomic E-state index is 10.3. The highest BCUT2D eigenvalue weighted by Crippen LogP contribution is 2.30. The molecule has 0 spiro atoms. The van der Waals surface area contributed by atoms with E-state index in [2.05, 4.69) is 25.9 Å². The van der Waals surface area contributed by atoms with Gasteiger partial charge in [0.05, 0.1) is 23.0 Å². The molecule has 1 rings (SSSR count). The van der Waals surface area contributed by atoms with Crippen LogP contribution in [0, 0.1) is 5.92 Å². The minimum Gasteiger partial charge on any atom is -0.386 e. The molecule has 1 aromatic heterocycles. The molecule has 2 unspecified atom stereocenters. The van der Waals surface area contributed by atoms with Crippen molar-refractivity contribution >= 4 is 11.6 Å². The quantitative estimate of drug-likeness (QED) is 0.808. The number of rotatable bonds is 7. The largest absolute Gasteiger partial charge is 0.386 e. The van der Waals surface area contributed by atoms with Crippen molar-refractivity contribution < 1.29 is 5.11 Å². The van der Waals surface area contributed by atoms with Crippen molar-refractivity contribution in [2.45, 2.75) is 59.1 Å². The fourth-order valence-electron chi connectivity index (χ4n) is 2.01.